The number of rotatable bonds is 5. The van der Waals surface area contributed by atoms with Gasteiger partial charge in [0.15, 0.2) is 0 Å². The van der Waals surface area contributed by atoms with Gasteiger partial charge in [-0.3, -0.25) is 9.59 Å². The molecule has 1 fully saturated rings. The third-order valence-electron chi connectivity index (χ3n) is 5.55. The molecule has 160 valence electrons. The van der Waals surface area contributed by atoms with Crippen LogP contribution in [0.5, 0.6) is 0 Å². The van der Waals surface area contributed by atoms with Gasteiger partial charge in [-0.15, -0.1) is 0 Å². The lowest BCUT2D eigenvalue weighted by atomic mass is 10.1. The van der Waals surface area contributed by atoms with E-state index in [1.165, 1.54) is 35.7 Å². The summed E-state index contributed by atoms with van der Waals surface area (Å²) in [5.41, 5.74) is 5.36. The minimum atomic E-state index is -0.302. The second kappa shape index (κ2) is 9.16. The maximum atomic E-state index is 12.5. The van der Waals surface area contributed by atoms with Crippen molar-refractivity contribution in [2.45, 2.75) is 39.7 Å². The molecule has 1 aromatic heterocycles. The Bertz CT molecular complexity index is 1110. The third kappa shape index (κ3) is 5.20. The molecule has 0 bridgehead atoms. The van der Waals surface area contributed by atoms with E-state index in [-0.39, 0.29) is 18.0 Å². The smallest absolute Gasteiger partial charge is 0.267 e. The molecule has 0 unspecified atom stereocenters. The van der Waals surface area contributed by atoms with E-state index < -0.39 is 0 Å². The number of carbonyl (C=O) groups excluding carboxylic acids is 1. The molecule has 0 saturated carbocycles. The minimum absolute atomic E-state index is 0.133. The highest BCUT2D eigenvalue weighted by atomic mass is 16.2. The largest absolute Gasteiger partial charge is 0.372 e. The second-order valence-electron chi connectivity index (χ2n) is 8.23. The van der Waals surface area contributed by atoms with E-state index in [1.54, 1.807) is 6.07 Å². The number of hydrogen-bond acceptors (Lipinski definition) is 4. The van der Waals surface area contributed by atoms with Gasteiger partial charge in [-0.05, 0) is 74.6 Å². The van der Waals surface area contributed by atoms with Crippen LogP contribution in [-0.2, 0) is 11.3 Å². The van der Waals surface area contributed by atoms with Gasteiger partial charge in [0.05, 0.1) is 5.69 Å². The van der Waals surface area contributed by atoms with Gasteiger partial charge in [0.25, 0.3) is 5.56 Å². The van der Waals surface area contributed by atoms with Crippen LogP contribution in [0.2, 0.25) is 0 Å². The van der Waals surface area contributed by atoms with Gasteiger partial charge in [-0.2, -0.15) is 5.10 Å². The van der Waals surface area contributed by atoms with Gasteiger partial charge in [-0.1, -0.05) is 18.2 Å². The Labute approximate surface area is 182 Å². The summed E-state index contributed by atoms with van der Waals surface area (Å²) in [5.74, 6) is -0.280. The molecule has 1 N–H and O–H groups in total. The molecule has 6 nitrogen and oxygen atoms in total. The number of carbonyl (C=O) groups is 1. The first-order chi connectivity index (χ1) is 15.0. The summed E-state index contributed by atoms with van der Waals surface area (Å²) >= 11 is 0. The molecular weight excluding hydrogens is 388 g/mol. The molecular formula is C25H28N4O2. The topological polar surface area (TPSA) is 67.2 Å². The van der Waals surface area contributed by atoms with Gasteiger partial charge < -0.3 is 10.2 Å². The second-order valence-corrected chi connectivity index (χ2v) is 8.23. The van der Waals surface area contributed by atoms with Crippen molar-refractivity contribution in [2.24, 2.45) is 0 Å². The van der Waals surface area contributed by atoms with Crippen LogP contribution >= 0.6 is 0 Å². The van der Waals surface area contributed by atoms with Crippen LogP contribution in [0, 0.1) is 13.8 Å². The van der Waals surface area contributed by atoms with Crippen LogP contribution < -0.4 is 15.8 Å². The van der Waals surface area contributed by atoms with Gasteiger partial charge in [0.2, 0.25) is 5.91 Å². The SMILES string of the molecule is Cc1cc(C)cc(NC(=O)Cn2nc(-c3ccc(N4CCCCC4)cc3)ccc2=O)c1. The third-order valence-corrected chi connectivity index (χ3v) is 5.55. The molecule has 2 aromatic carbocycles. The highest BCUT2D eigenvalue weighted by molar-refractivity contribution is 5.90. The van der Waals surface area contributed by atoms with Gasteiger partial charge in [0, 0.05) is 36.1 Å². The summed E-state index contributed by atoms with van der Waals surface area (Å²) in [7, 11) is 0. The first-order valence-corrected chi connectivity index (χ1v) is 10.8. The molecule has 0 aliphatic carbocycles. The summed E-state index contributed by atoms with van der Waals surface area (Å²) < 4.78 is 1.21. The Hall–Kier alpha value is -3.41. The van der Waals surface area contributed by atoms with Crippen molar-refractivity contribution in [2.75, 3.05) is 23.3 Å². The molecule has 31 heavy (non-hydrogen) atoms. The molecule has 1 saturated heterocycles. The summed E-state index contributed by atoms with van der Waals surface area (Å²) in [6.07, 6.45) is 3.77. The van der Waals surface area contributed by atoms with Gasteiger partial charge in [-0.25, -0.2) is 4.68 Å². The van der Waals surface area contributed by atoms with E-state index in [0.29, 0.717) is 5.69 Å². The van der Waals surface area contributed by atoms with E-state index in [2.05, 4.69) is 27.4 Å². The molecule has 1 aliphatic heterocycles. The summed E-state index contributed by atoms with van der Waals surface area (Å²) in [6, 6.07) is 17.3. The van der Waals surface area contributed by atoms with Crippen LogP contribution in [-0.4, -0.2) is 28.8 Å². The van der Waals surface area contributed by atoms with Crippen molar-refractivity contribution in [3.8, 4) is 11.3 Å². The summed E-state index contributed by atoms with van der Waals surface area (Å²) in [4.78, 5) is 27.2. The maximum absolute atomic E-state index is 12.5. The number of piperidine rings is 1. The van der Waals surface area contributed by atoms with Crippen LogP contribution in [0.25, 0.3) is 11.3 Å². The number of nitrogens with one attached hydrogen (secondary N) is 1. The first-order valence-electron chi connectivity index (χ1n) is 10.8. The summed E-state index contributed by atoms with van der Waals surface area (Å²) in [6.45, 7) is 6.02. The van der Waals surface area contributed by atoms with Crippen LogP contribution in [0.1, 0.15) is 30.4 Å². The van der Waals surface area contributed by atoms with Crippen LogP contribution in [0.15, 0.2) is 59.4 Å². The highest BCUT2D eigenvalue weighted by Gasteiger charge is 2.12. The van der Waals surface area contributed by atoms with Crippen LogP contribution in [0.3, 0.4) is 0 Å². The highest BCUT2D eigenvalue weighted by Crippen LogP contribution is 2.23. The molecule has 6 heteroatoms. The number of hydrogen-bond donors (Lipinski definition) is 1. The van der Waals surface area contributed by atoms with Crippen molar-refractivity contribution in [3.63, 3.8) is 0 Å². The van der Waals surface area contributed by atoms with E-state index in [9.17, 15) is 9.59 Å². The minimum Gasteiger partial charge on any atom is -0.372 e. The van der Waals surface area contributed by atoms with Crippen molar-refractivity contribution in [1.82, 2.24) is 9.78 Å². The number of nitrogens with zero attached hydrogens (tertiary/aromatic N) is 3. The molecule has 3 aromatic rings. The Morgan fingerprint density at radius 1 is 0.935 bits per heavy atom. The van der Waals surface area contributed by atoms with Gasteiger partial charge >= 0.3 is 0 Å². The molecule has 2 heterocycles. The zero-order chi connectivity index (χ0) is 21.8. The molecule has 0 radical (unpaired) electrons. The average molecular weight is 417 g/mol. The molecule has 1 amide bonds. The Morgan fingerprint density at radius 2 is 1.61 bits per heavy atom. The first kappa shape index (κ1) is 20.8. The standard InChI is InChI=1S/C25H28N4O2/c1-18-14-19(2)16-21(15-18)26-24(30)17-29-25(31)11-10-23(27-29)20-6-8-22(9-7-20)28-12-4-3-5-13-28/h6-11,14-16H,3-5,12-13,17H2,1-2H3,(H,26,30). The van der Waals surface area contributed by atoms with E-state index in [4.69, 9.17) is 0 Å². The van der Waals surface area contributed by atoms with Gasteiger partial charge in [0.1, 0.15) is 6.54 Å². The molecule has 0 atom stereocenters. The predicted molar refractivity (Wildman–Crippen MR) is 125 cm³/mol. The molecule has 4 rings (SSSR count). The molecule has 1 aliphatic rings. The number of aryl methyl sites for hydroxylation is 2. The normalized spacial score (nSPS) is 13.8. The number of aromatic nitrogens is 2. The fourth-order valence-electron chi connectivity index (χ4n) is 4.09. The van der Waals surface area contributed by atoms with E-state index >= 15 is 0 Å². The Morgan fingerprint density at radius 3 is 2.29 bits per heavy atom. The summed E-state index contributed by atoms with van der Waals surface area (Å²) in [5, 5.41) is 7.29. The average Bonchev–Trinajstić information content (AvgIpc) is 2.75. The van der Waals surface area contributed by atoms with Crippen molar-refractivity contribution >= 4 is 17.3 Å². The predicted octanol–water partition coefficient (Wildman–Crippen LogP) is 4.16. The maximum Gasteiger partial charge on any atom is 0.267 e. The van der Waals surface area contributed by atoms with E-state index in [1.807, 2.05) is 44.2 Å². The molecule has 0 spiro atoms. The lowest BCUT2D eigenvalue weighted by Gasteiger charge is -2.28. The fourth-order valence-corrected chi connectivity index (χ4v) is 4.09. The zero-order valence-corrected chi connectivity index (χ0v) is 18.1. The van der Waals surface area contributed by atoms with Crippen molar-refractivity contribution in [1.29, 1.82) is 0 Å². The Kier molecular flexibility index (Phi) is 6.16. The quantitative estimate of drug-likeness (QED) is 0.678. The van der Waals surface area contributed by atoms with Crippen molar-refractivity contribution in [3.05, 3.63) is 76.1 Å². The lowest BCUT2D eigenvalue weighted by molar-refractivity contribution is -0.117. The number of anilines is 2. The van der Waals surface area contributed by atoms with Crippen LogP contribution in [0.4, 0.5) is 11.4 Å². The van der Waals surface area contributed by atoms with Crippen molar-refractivity contribution < 1.29 is 4.79 Å². The number of amides is 1. The number of benzene rings is 2. The zero-order valence-electron chi connectivity index (χ0n) is 18.1. The Balaban J connectivity index is 1.49. The monoisotopic (exact) mass is 416 g/mol. The lowest BCUT2D eigenvalue weighted by Crippen LogP contribution is -2.29. The fraction of sp³-hybridized carbons (Fsp3) is 0.320. The van der Waals surface area contributed by atoms with E-state index in [0.717, 1.165) is 35.5 Å².